The molecule has 1 amide bonds. The summed E-state index contributed by atoms with van der Waals surface area (Å²) in [4.78, 5) is 23.7. The van der Waals surface area contributed by atoms with Crippen LogP contribution in [0.25, 0.3) is 0 Å². The van der Waals surface area contributed by atoms with Crippen molar-refractivity contribution in [2.24, 2.45) is 16.7 Å². The lowest BCUT2D eigenvalue weighted by Crippen LogP contribution is -2.46. The van der Waals surface area contributed by atoms with Crippen LogP contribution in [0.5, 0.6) is 0 Å². The van der Waals surface area contributed by atoms with Crippen LogP contribution >= 0.6 is 0 Å². The van der Waals surface area contributed by atoms with Crippen molar-refractivity contribution in [2.45, 2.75) is 46.6 Å². The van der Waals surface area contributed by atoms with Gasteiger partial charge in [0.05, 0.1) is 11.5 Å². The maximum atomic E-state index is 12.2. The smallest absolute Gasteiger partial charge is 0.309 e. The number of hydrogen-bond donors (Lipinski definition) is 2. The SMILES string of the molecule is COC(C)CNC(=O)C1CCC(C)(C(=O)O)C1(C)C. The molecule has 3 unspecified atom stereocenters. The molecule has 0 aromatic carbocycles. The van der Waals surface area contributed by atoms with Gasteiger partial charge in [0, 0.05) is 19.6 Å². The third kappa shape index (κ3) is 2.76. The number of aliphatic carboxylic acids is 1. The summed E-state index contributed by atoms with van der Waals surface area (Å²) in [7, 11) is 1.60. The fraction of sp³-hybridized carbons (Fsp3) is 0.857. The van der Waals surface area contributed by atoms with E-state index in [1.807, 2.05) is 20.8 Å². The molecule has 0 heterocycles. The molecule has 2 N–H and O–H groups in total. The third-order valence-electron chi connectivity index (χ3n) is 4.98. The van der Waals surface area contributed by atoms with Gasteiger partial charge in [0.2, 0.25) is 5.91 Å². The van der Waals surface area contributed by atoms with E-state index in [9.17, 15) is 14.7 Å². The molecule has 0 aliphatic heterocycles. The molecule has 3 atom stereocenters. The summed E-state index contributed by atoms with van der Waals surface area (Å²) in [5.41, 5.74) is -1.40. The van der Waals surface area contributed by atoms with Gasteiger partial charge in [0.25, 0.3) is 0 Å². The van der Waals surface area contributed by atoms with E-state index in [4.69, 9.17) is 4.74 Å². The van der Waals surface area contributed by atoms with Gasteiger partial charge in [0.15, 0.2) is 0 Å². The fourth-order valence-electron chi connectivity index (χ4n) is 2.79. The fourth-order valence-corrected chi connectivity index (χ4v) is 2.79. The lowest BCUT2D eigenvalue weighted by atomic mass is 9.65. The summed E-state index contributed by atoms with van der Waals surface area (Å²) in [6.07, 6.45) is 1.11. The lowest BCUT2D eigenvalue weighted by molar-refractivity contribution is -0.155. The summed E-state index contributed by atoms with van der Waals surface area (Å²) in [6.45, 7) is 7.81. The molecule has 0 aromatic rings. The van der Waals surface area contributed by atoms with Crippen molar-refractivity contribution in [3.63, 3.8) is 0 Å². The lowest BCUT2D eigenvalue weighted by Gasteiger charge is -2.37. The van der Waals surface area contributed by atoms with Gasteiger partial charge in [-0.2, -0.15) is 0 Å². The number of hydrogen-bond acceptors (Lipinski definition) is 3. The Kier molecular flexibility index (Phi) is 4.61. The minimum absolute atomic E-state index is 0.0423. The highest BCUT2D eigenvalue weighted by Gasteiger charge is 2.58. The van der Waals surface area contributed by atoms with Crippen LogP contribution < -0.4 is 5.32 Å². The second kappa shape index (κ2) is 5.49. The van der Waals surface area contributed by atoms with Crippen molar-refractivity contribution < 1.29 is 19.4 Å². The van der Waals surface area contributed by atoms with Crippen molar-refractivity contribution >= 4 is 11.9 Å². The standard InChI is InChI=1S/C14H25NO4/c1-9(19-5)8-15-11(16)10-6-7-14(4,12(17)18)13(10,2)3/h9-10H,6-8H2,1-5H3,(H,15,16)(H,17,18). The van der Waals surface area contributed by atoms with E-state index in [0.29, 0.717) is 19.4 Å². The van der Waals surface area contributed by atoms with Gasteiger partial charge in [0.1, 0.15) is 0 Å². The van der Waals surface area contributed by atoms with E-state index in [1.54, 1.807) is 14.0 Å². The molecule has 1 aliphatic carbocycles. The molecule has 110 valence electrons. The summed E-state index contributed by atoms with van der Waals surface area (Å²) >= 11 is 0. The second-order valence-corrected chi connectivity index (χ2v) is 6.24. The highest BCUT2D eigenvalue weighted by molar-refractivity contribution is 5.83. The Morgan fingerprint density at radius 3 is 2.42 bits per heavy atom. The molecule has 5 heteroatoms. The molecule has 0 radical (unpaired) electrons. The first-order valence-corrected chi connectivity index (χ1v) is 6.70. The first kappa shape index (κ1) is 16.0. The summed E-state index contributed by atoms with van der Waals surface area (Å²) in [5, 5.41) is 12.3. The molecule has 1 rings (SSSR count). The van der Waals surface area contributed by atoms with Crippen molar-refractivity contribution in [1.82, 2.24) is 5.32 Å². The van der Waals surface area contributed by atoms with E-state index in [0.717, 1.165) is 0 Å². The first-order chi connectivity index (χ1) is 8.66. The molecule has 1 aliphatic rings. The van der Waals surface area contributed by atoms with E-state index < -0.39 is 16.8 Å². The van der Waals surface area contributed by atoms with Gasteiger partial charge < -0.3 is 15.2 Å². The number of nitrogens with one attached hydrogen (secondary N) is 1. The maximum absolute atomic E-state index is 12.2. The van der Waals surface area contributed by atoms with Gasteiger partial charge in [-0.1, -0.05) is 13.8 Å². The predicted octanol–water partition coefficient (Wildman–Crippen LogP) is 1.66. The number of carboxylic acid groups (broad SMARTS) is 1. The number of amides is 1. The molecular formula is C14H25NO4. The number of carbonyl (C=O) groups is 2. The minimum atomic E-state index is -0.845. The van der Waals surface area contributed by atoms with Crippen molar-refractivity contribution in [2.75, 3.05) is 13.7 Å². The zero-order valence-electron chi connectivity index (χ0n) is 12.4. The van der Waals surface area contributed by atoms with Crippen molar-refractivity contribution in [3.05, 3.63) is 0 Å². The van der Waals surface area contributed by atoms with Gasteiger partial charge in [-0.25, -0.2) is 0 Å². The maximum Gasteiger partial charge on any atom is 0.309 e. The van der Waals surface area contributed by atoms with Gasteiger partial charge in [-0.3, -0.25) is 9.59 Å². The average Bonchev–Trinajstić information content (AvgIpc) is 2.58. The Morgan fingerprint density at radius 2 is 2.00 bits per heavy atom. The number of carbonyl (C=O) groups excluding carboxylic acids is 1. The first-order valence-electron chi connectivity index (χ1n) is 6.70. The Labute approximate surface area is 114 Å². The zero-order chi connectivity index (χ0) is 14.8. The minimum Gasteiger partial charge on any atom is -0.481 e. The van der Waals surface area contributed by atoms with Gasteiger partial charge in [-0.15, -0.1) is 0 Å². The predicted molar refractivity (Wildman–Crippen MR) is 71.7 cm³/mol. The van der Waals surface area contributed by atoms with Crippen molar-refractivity contribution in [3.8, 4) is 0 Å². The highest BCUT2D eigenvalue weighted by Crippen LogP contribution is 2.56. The monoisotopic (exact) mass is 271 g/mol. The van der Waals surface area contributed by atoms with Crippen LogP contribution in [0.4, 0.5) is 0 Å². The molecule has 0 bridgehead atoms. The van der Waals surface area contributed by atoms with Crippen molar-refractivity contribution in [1.29, 1.82) is 0 Å². The number of carboxylic acids is 1. The summed E-state index contributed by atoms with van der Waals surface area (Å²) in [5.74, 6) is -1.16. The molecule has 0 spiro atoms. The van der Waals surface area contributed by atoms with Gasteiger partial charge >= 0.3 is 5.97 Å². The number of rotatable bonds is 5. The molecule has 0 saturated heterocycles. The largest absolute Gasteiger partial charge is 0.481 e. The topological polar surface area (TPSA) is 75.6 Å². The normalized spacial score (nSPS) is 30.9. The molecule has 0 aromatic heterocycles. The van der Waals surface area contributed by atoms with E-state index in [1.165, 1.54) is 0 Å². The van der Waals surface area contributed by atoms with Crippen LogP contribution in [0.15, 0.2) is 0 Å². The number of ether oxygens (including phenoxy) is 1. The van der Waals surface area contributed by atoms with Crippen LogP contribution in [0.3, 0.4) is 0 Å². The highest BCUT2D eigenvalue weighted by atomic mass is 16.5. The van der Waals surface area contributed by atoms with E-state index >= 15 is 0 Å². The van der Waals surface area contributed by atoms with E-state index in [-0.39, 0.29) is 17.9 Å². The quantitative estimate of drug-likeness (QED) is 0.797. The Balaban J connectivity index is 2.76. The average molecular weight is 271 g/mol. The molecule has 1 saturated carbocycles. The molecule has 1 fully saturated rings. The van der Waals surface area contributed by atoms with Gasteiger partial charge in [-0.05, 0) is 32.1 Å². The summed E-state index contributed by atoms with van der Waals surface area (Å²) < 4.78 is 5.09. The Bertz CT molecular complexity index is 366. The van der Waals surface area contributed by atoms with Crippen LogP contribution in [0.2, 0.25) is 0 Å². The molecule has 5 nitrogen and oxygen atoms in total. The van der Waals surface area contributed by atoms with Crippen LogP contribution in [0, 0.1) is 16.7 Å². The zero-order valence-corrected chi connectivity index (χ0v) is 12.4. The number of methoxy groups -OCH3 is 1. The Morgan fingerprint density at radius 1 is 1.42 bits per heavy atom. The van der Waals surface area contributed by atoms with E-state index in [2.05, 4.69) is 5.32 Å². The Hall–Kier alpha value is -1.10. The van der Waals surface area contributed by atoms with Crippen LogP contribution in [0.1, 0.15) is 40.5 Å². The second-order valence-electron chi connectivity index (χ2n) is 6.24. The molecule has 19 heavy (non-hydrogen) atoms. The van der Waals surface area contributed by atoms with Crippen LogP contribution in [-0.4, -0.2) is 36.7 Å². The summed E-state index contributed by atoms with van der Waals surface area (Å²) in [6, 6.07) is 0. The molecular weight excluding hydrogens is 246 g/mol. The van der Waals surface area contributed by atoms with Crippen LogP contribution in [-0.2, 0) is 14.3 Å². The third-order valence-corrected chi connectivity index (χ3v) is 4.98.